The van der Waals surface area contributed by atoms with E-state index < -0.39 is 30.2 Å². The van der Waals surface area contributed by atoms with Crippen LogP contribution in [-0.2, 0) is 4.79 Å². The standard InChI is InChI=1S/C16H19F3N2O4/c17-16(18,19)10-25-12-7-5-6-11(20-12)13(22)21-15(14(23)24)8-3-1-2-4-9-15/h5-7H,1-4,8-10H2,(H,21,22)(H,23,24). The molecule has 0 aromatic carbocycles. The predicted molar refractivity (Wildman–Crippen MR) is 81.3 cm³/mol. The van der Waals surface area contributed by atoms with Gasteiger partial charge < -0.3 is 15.2 Å². The largest absolute Gasteiger partial charge is 0.480 e. The number of amides is 1. The number of carboxylic acid groups (broad SMARTS) is 1. The van der Waals surface area contributed by atoms with Gasteiger partial charge in [0.25, 0.3) is 5.91 Å². The third-order valence-corrected chi connectivity index (χ3v) is 4.06. The van der Waals surface area contributed by atoms with Crippen LogP contribution in [0.2, 0.25) is 0 Å². The number of aliphatic carboxylic acids is 1. The second-order valence-electron chi connectivity index (χ2n) is 6.02. The first-order chi connectivity index (χ1) is 11.7. The summed E-state index contributed by atoms with van der Waals surface area (Å²) >= 11 is 0. The van der Waals surface area contributed by atoms with Gasteiger partial charge in [-0.1, -0.05) is 31.7 Å². The lowest BCUT2D eigenvalue weighted by Crippen LogP contribution is -2.54. The van der Waals surface area contributed by atoms with Crippen molar-refractivity contribution >= 4 is 11.9 Å². The molecule has 0 bridgehead atoms. The molecule has 2 N–H and O–H groups in total. The fourth-order valence-electron chi connectivity index (χ4n) is 2.78. The fraction of sp³-hybridized carbons (Fsp3) is 0.562. The molecule has 1 saturated carbocycles. The third kappa shape index (κ3) is 5.33. The average Bonchev–Trinajstić information content (AvgIpc) is 2.79. The fourth-order valence-corrected chi connectivity index (χ4v) is 2.78. The Hall–Kier alpha value is -2.32. The van der Waals surface area contributed by atoms with Crippen molar-refractivity contribution in [2.75, 3.05) is 6.61 Å². The SMILES string of the molecule is O=C(NC1(C(=O)O)CCCCCC1)c1cccc(OCC(F)(F)F)n1. The number of aromatic nitrogens is 1. The number of halogens is 3. The van der Waals surface area contributed by atoms with Gasteiger partial charge in [-0.25, -0.2) is 9.78 Å². The number of hydrogen-bond acceptors (Lipinski definition) is 4. The van der Waals surface area contributed by atoms with E-state index in [1.165, 1.54) is 18.2 Å². The second-order valence-corrected chi connectivity index (χ2v) is 6.02. The van der Waals surface area contributed by atoms with Crippen molar-refractivity contribution < 1.29 is 32.6 Å². The summed E-state index contributed by atoms with van der Waals surface area (Å²) < 4.78 is 41.1. The zero-order chi connectivity index (χ0) is 18.5. The van der Waals surface area contributed by atoms with Gasteiger partial charge >= 0.3 is 12.1 Å². The Kier molecular flexibility index (Phi) is 5.86. The van der Waals surface area contributed by atoms with E-state index >= 15 is 0 Å². The number of nitrogens with one attached hydrogen (secondary N) is 1. The third-order valence-electron chi connectivity index (χ3n) is 4.06. The number of rotatable bonds is 5. The molecule has 25 heavy (non-hydrogen) atoms. The van der Waals surface area contributed by atoms with Crippen LogP contribution in [-0.4, -0.2) is 40.3 Å². The number of hydrogen-bond donors (Lipinski definition) is 2. The van der Waals surface area contributed by atoms with Crippen LogP contribution in [0, 0.1) is 0 Å². The van der Waals surface area contributed by atoms with Crippen LogP contribution in [0.25, 0.3) is 0 Å². The van der Waals surface area contributed by atoms with E-state index in [1.807, 2.05) is 0 Å². The minimum atomic E-state index is -4.52. The van der Waals surface area contributed by atoms with Crippen molar-refractivity contribution in [2.45, 2.75) is 50.2 Å². The van der Waals surface area contributed by atoms with E-state index in [0.717, 1.165) is 12.8 Å². The van der Waals surface area contributed by atoms with Crippen LogP contribution in [0.15, 0.2) is 18.2 Å². The van der Waals surface area contributed by atoms with E-state index in [0.29, 0.717) is 25.7 Å². The van der Waals surface area contributed by atoms with Crippen LogP contribution < -0.4 is 10.1 Å². The van der Waals surface area contributed by atoms with Crippen molar-refractivity contribution in [1.29, 1.82) is 0 Å². The topological polar surface area (TPSA) is 88.5 Å². The summed E-state index contributed by atoms with van der Waals surface area (Å²) in [6, 6.07) is 3.82. The Morgan fingerprint density at radius 1 is 1.20 bits per heavy atom. The smallest absolute Gasteiger partial charge is 0.422 e. The maximum atomic E-state index is 12.4. The lowest BCUT2D eigenvalue weighted by atomic mass is 9.90. The van der Waals surface area contributed by atoms with Crippen molar-refractivity contribution in [3.8, 4) is 5.88 Å². The van der Waals surface area contributed by atoms with Crippen molar-refractivity contribution in [1.82, 2.24) is 10.3 Å². The molecular formula is C16H19F3N2O4. The molecule has 1 aromatic rings. The van der Waals surface area contributed by atoms with E-state index in [4.69, 9.17) is 0 Å². The van der Waals surface area contributed by atoms with Gasteiger partial charge in [0.2, 0.25) is 5.88 Å². The van der Waals surface area contributed by atoms with Crippen molar-refractivity contribution in [2.24, 2.45) is 0 Å². The molecule has 6 nitrogen and oxygen atoms in total. The summed E-state index contributed by atoms with van der Waals surface area (Å²) in [6.07, 6.45) is -0.776. The minimum Gasteiger partial charge on any atom is -0.480 e. The molecule has 2 rings (SSSR count). The van der Waals surface area contributed by atoms with Crippen LogP contribution in [0.4, 0.5) is 13.2 Å². The summed E-state index contributed by atoms with van der Waals surface area (Å²) in [6.45, 7) is -1.52. The summed E-state index contributed by atoms with van der Waals surface area (Å²) in [4.78, 5) is 27.8. The number of nitrogens with zero attached hydrogens (tertiary/aromatic N) is 1. The molecule has 1 aromatic heterocycles. The first kappa shape index (κ1) is 19.0. The summed E-state index contributed by atoms with van der Waals surface area (Å²) in [5.74, 6) is -2.22. The molecule has 0 aliphatic heterocycles. The van der Waals surface area contributed by atoms with Gasteiger partial charge in [-0.2, -0.15) is 13.2 Å². The molecule has 9 heteroatoms. The number of ether oxygens (including phenoxy) is 1. The number of pyridine rings is 1. The van der Waals surface area contributed by atoms with Crippen molar-refractivity contribution in [3.05, 3.63) is 23.9 Å². The average molecular weight is 360 g/mol. The van der Waals surface area contributed by atoms with Crippen LogP contribution in [0.1, 0.15) is 49.0 Å². The normalized spacial score (nSPS) is 17.4. The molecule has 0 spiro atoms. The number of carbonyl (C=O) groups is 2. The predicted octanol–water partition coefficient (Wildman–Crippen LogP) is 2.93. The Bertz CT molecular complexity index is 626. The first-order valence-corrected chi connectivity index (χ1v) is 7.94. The van der Waals surface area contributed by atoms with Gasteiger partial charge in [0, 0.05) is 6.07 Å². The van der Waals surface area contributed by atoms with Gasteiger partial charge in [0.05, 0.1) is 0 Å². The molecule has 1 fully saturated rings. The van der Waals surface area contributed by atoms with Gasteiger partial charge in [0.1, 0.15) is 11.2 Å². The molecule has 1 aliphatic rings. The molecule has 1 aliphatic carbocycles. The highest BCUT2D eigenvalue weighted by Gasteiger charge is 2.40. The molecule has 0 radical (unpaired) electrons. The molecule has 1 heterocycles. The number of alkyl halides is 3. The summed E-state index contributed by atoms with van der Waals surface area (Å²) in [7, 11) is 0. The second kappa shape index (κ2) is 7.71. The van der Waals surface area contributed by atoms with Gasteiger partial charge in [-0.05, 0) is 18.9 Å². The highest BCUT2D eigenvalue weighted by Crippen LogP contribution is 2.28. The Labute approximate surface area is 142 Å². The van der Waals surface area contributed by atoms with Crippen LogP contribution in [0.3, 0.4) is 0 Å². The highest BCUT2D eigenvalue weighted by atomic mass is 19.4. The molecule has 0 unspecified atom stereocenters. The monoisotopic (exact) mass is 360 g/mol. The van der Waals surface area contributed by atoms with E-state index in [-0.39, 0.29) is 11.6 Å². The molecule has 138 valence electrons. The van der Waals surface area contributed by atoms with E-state index in [1.54, 1.807) is 0 Å². The number of carbonyl (C=O) groups excluding carboxylic acids is 1. The van der Waals surface area contributed by atoms with Crippen molar-refractivity contribution in [3.63, 3.8) is 0 Å². The van der Waals surface area contributed by atoms with Crippen LogP contribution >= 0.6 is 0 Å². The molecule has 1 amide bonds. The lowest BCUT2D eigenvalue weighted by Gasteiger charge is -2.29. The molecule has 0 atom stereocenters. The van der Waals surface area contributed by atoms with Gasteiger partial charge in [0.15, 0.2) is 6.61 Å². The Morgan fingerprint density at radius 2 is 1.84 bits per heavy atom. The first-order valence-electron chi connectivity index (χ1n) is 7.94. The van der Waals surface area contributed by atoms with Crippen LogP contribution in [0.5, 0.6) is 5.88 Å². The maximum absolute atomic E-state index is 12.4. The minimum absolute atomic E-state index is 0.190. The van der Waals surface area contributed by atoms with E-state index in [9.17, 15) is 27.9 Å². The lowest BCUT2D eigenvalue weighted by molar-refractivity contribution is -0.154. The summed E-state index contributed by atoms with van der Waals surface area (Å²) in [5.41, 5.74) is -1.57. The van der Waals surface area contributed by atoms with E-state index in [2.05, 4.69) is 15.0 Å². The molecule has 0 saturated heterocycles. The van der Waals surface area contributed by atoms with Gasteiger partial charge in [-0.3, -0.25) is 4.79 Å². The zero-order valence-corrected chi connectivity index (χ0v) is 13.4. The Morgan fingerprint density at radius 3 is 2.40 bits per heavy atom. The number of carboxylic acids is 1. The zero-order valence-electron chi connectivity index (χ0n) is 13.4. The highest BCUT2D eigenvalue weighted by molar-refractivity contribution is 5.96. The van der Waals surface area contributed by atoms with Gasteiger partial charge in [-0.15, -0.1) is 0 Å². The quantitative estimate of drug-likeness (QED) is 0.788. The maximum Gasteiger partial charge on any atom is 0.422 e. The Balaban J connectivity index is 2.12. The summed E-state index contributed by atoms with van der Waals surface area (Å²) in [5, 5.41) is 12.1. The molecular weight excluding hydrogens is 341 g/mol.